The van der Waals surface area contributed by atoms with Crippen LogP contribution < -0.4 is 15.2 Å². The van der Waals surface area contributed by atoms with Gasteiger partial charge in [-0.25, -0.2) is 4.98 Å². The Balaban J connectivity index is 2.17. The summed E-state index contributed by atoms with van der Waals surface area (Å²) < 4.78 is 10.7. The van der Waals surface area contributed by atoms with Crippen LogP contribution in [0.2, 0.25) is 0 Å². The maximum Gasteiger partial charge on any atom is 0.219 e. The van der Waals surface area contributed by atoms with Gasteiger partial charge in [-0.15, -0.1) is 0 Å². The fourth-order valence-corrected chi connectivity index (χ4v) is 1.63. The van der Waals surface area contributed by atoms with Gasteiger partial charge in [0.2, 0.25) is 5.88 Å². The number of hydrogen-bond acceptors (Lipinski definition) is 5. The fourth-order valence-electron chi connectivity index (χ4n) is 1.63. The Bertz CT molecular complexity index is 620. The first kappa shape index (κ1) is 12.7. The molecule has 1 aromatic carbocycles. The summed E-state index contributed by atoms with van der Waals surface area (Å²) in [6, 6.07) is 10.7. The van der Waals surface area contributed by atoms with Crippen molar-refractivity contribution in [2.75, 3.05) is 12.8 Å². The van der Waals surface area contributed by atoms with Crippen molar-refractivity contribution in [2.24, 2.45) is 0 Å². The largest absolute Gasteiger partial charge is 0.487 e. The Morgan fingerprint density at radius 3 is 2.95 bits per heavy atom. The average Bonchev–Trinajstić information content (AvgIpc) is 2.46. The van der Waals surface area contributed by atoms with Gasteiger partial charge < -0.3 is 15.2 Å². The van der Waals surface area contributed by atoms with E-state index in [9.17, 15) is 0 Å². The number of nitrogens with zero attached hydrogens (tertiary/aromatic N) is 2. The van der Waals surface area contributed by atoms with E-state index in [2.05, 4.69) is 4.98 Å². The van der Waals surface area contributed by atoms with E-state index < -0.39 is 0 Å². The molecule has 0 fully saturated rings. The summed E-state index contributed by atoms with van der Waals surface area (Å²) in [5.74, 6) is 0.999. The van der Waals surface area contributed by atoms with Crippen LogP contribution in [0.3, 0.4) is 0 Å². The number of ether oxygens (including phenoxy) is 2. The summed E-state index contributed by atoms with van der Waals surface area (Å²) in [6.45, 7) is 0.273. The van der Waals surface area contributed by atoms with Gasteiger partial charge in [0.05, 0.1) is 18.2 Å². The lowest BCUT2D eigenvalue weighted by molar-refractivity contribution is 0.293. The number of nitrogens with two attached hydrogens (primary N) is 1. The normalized spacial score (nSPS) is 9.68. The van der Waals surface area contributed by atoms with Crippen molar-refractivity contribution in [3.8, 4) is 17.7 Å². The van der Waals surface area contributed by atoms with Crippen LogP contribution in [-0.2, 0) is 6.61 Å². The fraction of sp³-hybridized carbons (Fsp3) is 0.143. The van der Waals surface area contributed by atoms with E-state index in [0.29, 0.717) is 22.9 Å². The minimum atomic E-state index is 0.273. The van der Waals surface area contributed by atoms with Gasteiger partial charge in [0.15, 0.2) is 0 Å². The predicted octanol–water partition coefficient (Wildman–Crippen LogP) is 2.12. The predicted molar refractivity (Wildman–Crippen MR) is 70.7 cm³/mol. The summed E-state index contributed by atoms with van der Waals surface area (Å²) in [4.78, 5) is 4.08. The second-order valence-corrected chi connectivity index (χ2v) is 3.83. The second-order valence-electron chi connectivity index (χ2n) is 3.83. The molecule has 0 bridgehead atoms. The van der Waals surface area contributed by atoms with Gasteiger partial charge in [0, 0.05) is 11.9 Å². The second kappa shape index (κ2) is 5.74. The Morgan fingerprint density at radius 2 is 2.21 bits per heavy atom. The van der Waals surface area contributed by atoms with Crippen molar-refractivity contribution in [1.29, 1.82) is 5.26 Å². The number of anilines is 1. The Labute approximate surface area is 111 Å². The molecule has 0 amide bonds. The molecule has 0 saturated carbocycles. The molecule has 0 aliphatic heterocycles. The molecule has 2 N–H and O–H groups in total. The van der Waals surface area contributed by atoms with Crippen LogP contribution in [0.5, 0.6) is 11.6 Å². The van der Waals surface area contributed by atoms with Crippen molar-refractivity contribution < 1.29 is 9.47 Å². The molecule has 0 aliphatic rings. The highest BCUT2D eigenvalue weighted by Crippen LogP contribution is 2.23. The molecule has 1 aromatic heterocycles. The lowest BCUT2D eigenvalue weighted by Crippen LogP contribution is -2.01. The number of hydrogen-bond donors (Lipinski definition) is 1. The Kier molecular flexibility index (Phi) is 3.84. The van der Waals surface area contributed by atoms with Crippen molar-refractivity contribution in [2.45, 2.75) is 6.61 Å². The third kappa shape index (κ3) is 2.93. The van der Waals surface area contributed by atoms with Gasteiger partial charge >= 0.3 is 0 Å². The minimum absolute atomic E-state index is 0.273. The van der Waals surface area contributed by atoms with E-state index in [1.54, 1.807) is 37.6 Å². The van der Waals surface area contributed by atoms with Crippen LogP contribution in [0.4, 0.5) is 5.69 Å². The zero-order chi connectivity index (χ0) is 13.7. The number of aromatic nitrogens is 1. The highest BCUT2D eigenvalue weighted by atomic mass is 16.5. The minimum Gasteiger partial charge on any atom is -0.487 e. The van der Waals surface area contributed by atoms with E-state index >= 15 is 0 Å². The van der Waals surface area contributed by atoms with Crippen LogP contribution in [-0.4, -0.2) is 12.1 Å². The molecule has 96 valence electrons. The van der Waals surface area contributed by atoms with E-state index in [4.69, 9.17) is 20.5 Å². The highest BCUT2D eigenvalue weighted by molar-refractivity contribution is 5.53. The number of nitriles is 1. The molecule has 5 heteroatoms. The van der Waals surface area contributed by atoms with Gasteiger partial charge in [-0.05, 0) is 30.3 Å². The zero-order valence-electron chi connectivity index (χ0n) is 10.5. The van der Waals surface area contributed by atoms with Crippen molar-refractivity contribution in [1.82, 2.24) is 4.98 Å². The Morgan fingerprint density at radius 1 is 1.37 bits per heavy atom. The summed E-state index contributed by atoms with van der Waals surface area (Å²) in [6.07, 6.45) is 1.65. The third-order valence-electron chi connectivity index (χ3n) is 2.55. The number of benzene rings is 1. The maximum absolute atomic E-state index is 9.02. The average molecular weight is 255 g/mol. The molecular formula is C14H13N3O2. The molecule has 1 heterocycles. The highest BCUT2D eigenvalue weighted by Gasteiger charge is 2.07. The lowest BCUT2D eigenvalue weighted by atomic mass is 10.2. The first-order chi connectivity index (χ1) is 9.24. The maximum atomic E-state index is 9.02. The number of methoxy groups -OCH3 is 1. The summed E-state index contributed by atoms with van der Waals surface area (Å²) in [5.41, 5.74) is 7.37. The van der Waals surface area contributed by atoms with Crippen LogP contribution in [0.25, 0.3) is 0 Å². The van der Waals surface area contributed by atoms with E-state index in [1.807, 2.05) is 12.1 Å². The lowest BCUT2D eigenvalue weighted by Gasteiger charge is -2.10. The summed E-state index contributed by atoms with van der Waals surface area (Å²) in [7, 11) is 1.55. The number of nitrogen functional groups attached to an aromatic ring is 1. The summed E-state index contributed by atoms with van der Waals surface area (Å²) >= 11 is 0. The first-order valence-electron chi connectivity index (χ1n) is 5.65. The molecular weight excluding hydrogens is 242 g/mol. The molecule has 2 rings (SSSR count). The molecule has 5 nitrogen and oxygen atoms in total. The van der Waals surface area contributed by atoms with Gasteiger partial charge in [-0.3, -0.25) is 0 Å². The zero-order valence-corrected chi connectivity index (χ0v) is 10.5. The van der Waals surface area contributed by atoms with Gasteiger partial charge in [0.25, 0.3) is 0 Å². The first-order valence-corrected chi connectivity index (χ1v) is 5.65. The molecule has 0 spiro atoms. The SMILES string of the molecule is COc1ncccc1COc1ccc(N)cc1C#N. The molecule has 0 atom stereocenters. The smallest absolute Gasteiger partial charge is 0.219 e. The summed E-state index contributed by atoms with van der Waals surface area (Å²) in [5, 5.41) is 9.02. The monoisotopic (exact) mass is 255 g/mol. The third-order valence-corrected chi connectivity index (χ3v) is 2.55. The van der Waals surface area contributed by atoms with Crippen LogP contribution in [0, 0.1) is 11.3 Å². The standard InChI is InChI=1S/C14H13N3O2/c1-18-14-10(3-2-6-17-14)9-19-13-5-4-12(16)7-11(13)8-15/h2-7H,9,16H2,1H3. The molecule has 2 aromatic rings. The van der Waals surface area contributed by atoms with Gasteiger partial charge in [-0.1, -0.05) is 0 Å². The van der Waals surface area contributed by atoms with Crippen LogP contribution >= 0.6 is 0 Å². The number of rotatable bonds is 4. The molecule has 0 aliphatic carbocycles. The Hall–Kier alpha value is -2.74. The molecule has 0 radical (unpaired) electrons. The van der Waals surface area contributed by atoms with E-state index in [-0.39, 0.29) is 6.61 Å². The van der Waals surface area contributed by atoms with Gasteiger partial charge in [0.1, 0.15) is 18.4 Å². The van der Waals surface area contributed by atoms with Crippen LogP contribution in [0.15, 0.2) is 36.5 Å². The molecule has 19 heavy (non-hydrogen) atoms. The quantitative estimate of drug-likeness (QED) is 0.846. The van der Waals surface area contributed by atoms with Crippen LogP contribution in [0.1, 0.15) is 11.1 Å². The van der Waals surface area contributed by atoms with Crippen molar-refractivity contribution in [3.05, 3.63) is 47.7 Å². The van der Waals surface area contributed by atoms with E-state index in [1.165, 1.54) is 0 Å². The van der Waals surface area contributed by atoms with Crippen molar-refractivity contribution >= 4 is 5.69 Å². The topological polar surface area (TPSA) is 81.2 Å². The van der Waals surface area contributed by atoms with E-state index in [0.717, 1.165) is 5.56 Å². The van der Waals surface area contributed by atoms with Gasteiger partial charge in [-0.2, -0.15) is 5.26 Å². The number of pyridine rings is 1. The van der Waals surface area contributed by atoms with Crippen molar-refractivity contribution in [3.63, 3.8) is 0 Å². The molecule has 0 unspecified atom stereocenters. The molecule has 0 saturated heterocycles.